The summed E-state index contributed by atoms with van der Waals surface area (Å²) in [5.74, 6) is 5.59. The van der Waals surface area contributed by atoms with E-state index in [4.69, 9.17) is 5.84 Å². The highest BCUT2D eigenvalue weighted by molar-refractivity contribution is 9.11. The molecule has 0 aliphatic carbocycles. The molecule has 0 aromatic carbocycles. The Morgan fingerprint density at radius 2 is 2.07 bits per heavy atom. The van der Waals surface area contributed by atoms with Crippen molar-refractivity contribution >= 4 is 27.3 Å². The van der Waals surface area contributed by atoms with E-state index in [0.717, 1.165) is 0 Å². The highest BCUT2D eigenvalue weighted by Crippen LogP contribution is 2.38. The first-order valence-electron chi connectivity index (χ1n) is 4.58. The molecule has 80 valence electrons. The van der Waals surface area contributed by atoms with Crippen LogP contribution in [0.4, 0.5) is 0 Å². The summed E-state index contributed by atoms with van der Waals surface area (Å²) in [6.45, 7) is 8.64. The summed E-state index contributed by atoms with van der Waals surface area (Å²) in [6, 6.07) is 2.39. The smallest absolute Gasteiger partial charge is 0.0731 e. The molecule has 0 fully saturated rings. The van der Waals surface area contributed by atoms with Gasteiger partial charge in [-0.3, -0.25) is 11.3 Å². The van der Waals surface area contributed by atoms with Gasteiger partial charge in [0.25, 0.3) is 0 Å². The molecule has 2 nitrogen and oxygen atoms in total. The van der Waals surface area contributed by atoms with Crippen molar-refractivity contribution in [1.82, 2.24) is 5.43 Å². The zero-order valence-corrected chi connectivity index (χ0v) is 11.4. The van der Waals surface area contributed by atoms with Gasteiger partial charge in [-0.25, -0.2) is 0 Å². The van der Waals surface area contributed by atoms with Gasteiger partial charge in [-0.15, -0.1) is 11.3 Å². The van der Waals surface area contributed by atoms with Crippen molar-refractivity contribution < 1.29 is 0 Å². The van der Waals surface area contributed by atoms with Gasteiger partial charge in [0, 0.05) is 4.88 Å². The molecule has 0 saturated heterocycles. The third-order valence-electron chi connectivity index (χ3n) is 2.19. The molecule has 0 radical (unpaired) electrons. The lowest BCUT2D eigenvalue weighted by molar-refractivity contribution is 0.279. The van der Waals surface area contributed by atoms with E-state index < -0.39 is 0 Å². The third kappa shape index (κ3) is 2.57. The Morgan fingerprint density at radius 3 is 2.36 bits per heavy atom. The molecule has 0 spiro atoms. The fourth-order valence-electron chi connectivity index (χ4n) is 1.38. The van der Waals surface area contributed by atoms with Crippen molar-refractivity contribution in [3.63, 3.8) is 0 Å². The van der Waals surface area contributed by atoms with Gasteiger partial charge in [0.2, 0.25) is 0 Å². The van der Waals surface area contributed by atoms with Crippen LogP contribution in [0.1, 0.15) is 37.3 Å². The Balaban J connectivity index is 3.01. The number of rotatable bonds is 2. The maximum Gasteiger partial charge on any atom is 0.0731 e. The number of thiophene rings is 1. The van der Waals surface area contributed by atoms with Crippen molar-refractivity contribution in [2.45, 2.75) is 33.7 Å². The van der Waals surface area contributed by atoms with Gasteiger partial charge in [0.15, 0.2) is 0 Å². The van der Waals surface area contributed by atoms with Crippen molar-refractivity contribution in [2.24, 2.45) is 11.3 Å². The summed E-state index contributed by atoms with van der Waals surface area (Å²) < 4.78 is 1.19. The number of halogens is 1. The molecule has 0 bridgehead atoms. The molecule has 3 N–H and O–H groups in total. The summed E-state index contributed by atoms with van der Waals surface area (Å²) in [7, 11) is 0. The van der Waals surface area contributed by atoms with Crippen LogP contribution in [0.5, 0.6) is 0 Å². The minimum absolute atomic E-state index is 0.130. The molecule has 14 heavy (non-hydrogen) atoms. The molecule has 0 saturated carbocycles. The van der Waals surface area contributed by atoms with E-state index in [-0.39, 0.29) is 11.5 Å². The van der Waals surface area contributed by atoms with Crippen LogP contribution >= 0.6 is 27.3 Å². The predicted octanol–water partition coefficient (Wildman–Crippen LogP) is 3.37. The normalized spacial score (nSPS) is 14.4. The van der Waals surface area contributed by atoms with E-state index in [1.54, 1.807) is 11.3 Å². The quantitative estimate of drug-likeness (QED) is 0.642. The Morgan fingerprint density at radius 1 is 1.50 bits per heavy atom. The van der Waals surface area contributed by atoms with E-state index in [9.17, 15) is 0 Å². The van der Waals surface area contributed by atoms with Crippen LogP contribution in [-0.2, 0) is 0 Å². The molecule has 1 unspecified atom stereocenters. The average Bonchev–Trinajstić information content (AvgIpc) is 2.30. The lowest BCUT2D eigenvalue weighted by atomic mass is 9.86. The standard InChI is InChI=1S/C10H17BrN2S/c1-6-5-7(14-9(6)11)8(13-12)10(2,3)4/h5,8,13H,12H2,1-4H3. The first-order valence-corrected chi connectivity index (χ1v) is 6.19. The van der Waals surface area contributed by atoms with Crippen molar-refractivity contribution in [2.75, 3.05) is 0 Å². The highest BCUT2D eigenvalue weighted by Gasteiger charge is 2.26. The van der Waals surface area contributed by atoms with Crippen LogP contribution in [0.3, 0.4) is 0 Å². The van der Waals surface area contributed by atoms with Gasteiger partial charge in [0.1, 0.15) is 0 Å². The fraction of sp³-hybridized carbons (Fsp3) is 0.600. The zero-order chi connectivity index (χ0) is 10.9. The van der Waals surface area contributed by atoms with Crippen LogP contribution in [0.25, 0.3) is 0 Å². The number of aryl methyl sites for hydroxylation is 1. The second-order valence-corrected chi connectivity index (χ2v) is 6.97. The van der Waals surface area contributed by atoms with Gasteiger partial charge >= 0.3 is 0 Å². The molecule has 1 aromatic rings. The summed E-state index contributed by atoms with van der Waals surface area (Å²) >= 11 is 5.28. The van der Waals surface area contributed by atoms with Crippen LogP contribution < -0.4 is 11.3 Å². The monoisotopic (exact) mass is 276 g/mol. The Kier molecular flexibility index (Phi) is 3.75. The van der Waals surface area contributed by atoms with Crippen molar-refractivity contribution in [1.29, 1.82) is 0 Å². The van der Waals surface area contributed by atoms with E-state index in [1.165, 1.54) is 14.2 Å². The first kappa shape index (κ1) is 12.2. The second-order valence-electron chi connectivity index (χ2n) is 4.57. The zero-order valence-electron chi connectivity index (χ0n) is 9.02. The largest absolute Gasteiger partial charge is 0.271 e. The topological polar surface area (TPSA) is 38.0 Å². The Hall–Kier alpha value is 0.100. The molecule has 1 aromatic heterocycles. The van der Waals surface area contributed by atoms with Gasteiger partial charge in [0.05, 0.1) is 9.83 Å². The molecule has 1 atom stereocenters. The molecule has 0 amide bonds. The first-order chi connectivity index (χ1) is 6.36. The molecule has 0 aliphatic heterocycles. The summed E-state index contributed by atoms with van der Waals surface area (Å²) in [5, 5.41) is 0. The average molecular weight is 277 g/mol. The van der Waals surface area contributed by atoms with Crippen LogP contribution in [0.15, 0.2) is 9.85 Å². The summed E-state index contributed by atoms with van der Waals surface area (Å²) in [6.07, 6.45) is 0. The van der Waals surface area contributed by atoms with Crippen molar-refractivity contribution in [3.8, 4) is 0 Å². The number of nitrogens with one attached hydrogen (secondary N) is 1. The van der Waals surface area contributed by atoms with Gasteiger partial charge in [-0.1, -0.05) is 20.8 Å². The molecule has 1 rings (SSSR count). The summed E-state index contributed by atoms with van der Waals surface area (Å²) in [4.78, 5) is 1.28. The van der Waals surface area contributed by atoms with E-state index in [2.05, 4.69) is 55.1 Å². The SMILES string of the molecule is Cc1cc(C(NN)C(C)(C)C)sc1Br. The minimum atomic E-state index is 0.130. The number of nitrogens with two attached hydrogens (primary N) is 1. The highest BCUT2D eigenvalue weighted by atomic mass is 79.9. The van der Waals surface area contributed by atoms with Crippen LogP contribution in [-0.4, -0.2) is 0 Å². The summed E-state index contributed by atoms with van der Waals surface area (Å²) in [5.41, 5.74) is 4.29. The molecular weight excluding hydrogens is 260 g/mol. The van der Waals surface area contributed by atoms with Crippen LogP contribution in [0.2, 0.25) is 0 Å². The molecule has 1 heterocycles. The van der Waals surface area contributed by atoms with Gasteiger partial charge in [-0.2, -0.15) is 0 Å². The molecule has 0 aliphatic rings. The molecule has 4 heteroatoms. The minimum Gasteiger partial charge on any atom is -0.271 e. The molecular formula is C10H17BrN2S. The predicted molar refractivity (Wildman–Crippen MR) is 66.3 cm³/mol. The van der Waals surface area contributed by atoms with E-state index in [1.807, 2.05) is 0 Å². The van der Waals surface area contributed by atoms with Gasteiger partial charge in [-0.05, 0) is 39.9 Å². The Bertz CT molecular complexity index is 295. The number of hydrogen-bond donors (Lipinski definition) is 2. The lowest BCUT2D eigenvalue weighted by Gasteiger charge is -2.29. The van der Waals surface area contributed by atoms with Crippen molar-refractivity contribution in [3.05, 3.63) is 20.3 Å². The maximum atomic E-state index is 5.59. The van der Waals surface area contributed by atoms with E-state index in [0.29, 0.717) is 0 Å². The van der Waals surface area contributed by atoms with Crippen LogP contribution in [0, 0.1) is 12.3 Å². The Labute approximate surface area is 98.0 Å². The fourth-order valence-corrected chi connectivity index (χ4v) is 3.26. The maximum absolute atomic E-state index is 5.59. The third-order valence-corrected chi connectivity index (χ3v) is 4.39. The number of hydrazine groups is 1. The second kappa shape index (κ2) is 4.31. The lowest BCUT2D eigenvalue weighted by Crippen LogP contribution is -2.36. The van der Waals surface area contributed by atoms with E-state index >= 15 is 0 Å². The van der Waals surface area contributed by atoms with Gasteiger partial charge < -0.3 is 0 Å². The number of hydrogen-bond acceptors (Lipinski definition) is 3.